The fourth-order valence-electron chi connectivity index (χ4n) is 2.39. The minimum Gasteiger partial charge on any atom is -0.394 e. The molecular weight excluding hydrogens is 357 g/mol. The van der Waals surface area contributed by atoms with E-state index in [1.807, 2.05) is 21.1 Å². The van der Waals surface area contributed by atoms with Gasteiger partial charge in [0.05, 0.1) is 40.5 Å². The number of ether oxygens (including phenoxy) is 1. The Labute approximate surface area is 159 Å². The molecule has 0 aliphatic carbocycles. The summed E-state index contributed by atoms with van der Waals surface area (Å²) >= 11 is 0. The van der Waals surface area contributed by atoms with E-state index in [2.05, 4.69) is 13.8 Å². The number of rotatable bonds is 17. The molecule has 0 aromatic carbocycles. The van der Waals surface area contributed by atoms with Crippen LogP contribution in [0.4, 0.5) is 0 Å². The number of aliphatic hydroxyl groups is 1. The lowest BCUT2D eigenvalue weighted by atomic mass is 10.1. The summed E-state index contributed by atoms with van der Waals surface area (Å²) in [6, 6.07) is 0. The van der Waals surface area contributed by atoms with Crippen LogP contribution in [0.5, 0.6) is 0 Å². The van der Waals surface area contributed by atoms with Gasteiger partial charge in [0, 0.05) is 0 Å². The van der Waals surface area contributed by atoms with Crippen LogP contribution >= 0.6 is 7.82 Å². The molecule has 0 heterocycles. The first-order valence-corrected chi connectivity index (χ1v) is 11.3. The van der Waals surface area contributed by atoms with E-state index >= 15 is 0 Å². The van der Waals surface area contributed by atoms with Crippen molar-refractivity contribution in [2.24, 2.45) is 0 Å². The minimum atomic E-state index is -4.14. The Morgan fingerprint density at radius 1 is 0.962 bits per heavy atom. The standard InChI is InChI=1S/C18H40NO6P/c1-6-8-10-12-17(11-9-7-2)25-18(15-20)16-24-26(21,22)23-14-13-19(3,4)5/h17-18,20H,6-16H2,1-5H3/p+1/t17?,18-/m0/s1. The highest BCUT2D eigenvalue weighted by Gasteiger charge is 2.25. The van der Waals surface area contributed by atoms with Crippen LogP contribution in [0.25, 0.3) is 0 Å². The Kier molecular flexibility index (Phi) is 14.0. The smallest absolute Gasteiger partial charge is 0.394 e. The molecule has 0 radical (unpaired) electrons. The van der Waals surface area contributed by atoms with Crippen molar-refractivity contribution in [3.05, 3.63) is 0 Å². The van der Waals surface area contributed by atoms with Gasteiger partial charge in [-0.1, -0.05) is 46.0 Å². The van der Waals surface area contributed by atoms with E-state index in [9.17, 15) is 14.6 Å². The molecule has 0 aromatic rings. The lowest BCUT2D eigenvalue weighted by molar-refractivity contribution is -0.870. The van der Waals surface area contributed by atoms with Crippen molar-refractivity contribution < 1.29 is 32.8 Å². The van der Waals surface area contributed by atoms with Crippen molar-refractivity contribution in [1.29, 1.82) is 0 Å². The molecule has 0 aliphatic rings. The van der Waals surface area contributed by atoms with Gasteiger partial charge in [0.15, 0.2) is 0 Å². The summed E-state index contributed by atoms with van der Waals surface area (Å²) in [5, 5.41) is 9.53. The molecule has 3 atom stereocenters. The largest absolute Gasteiger partial charge is 0.472 e. The average Bonchev–Trinajstić information content (AvgIpc) is 2.54. The molecule has 0 spiro atoms. The van der Waals surface area contributed by atoms with Gasteiger partial charge in [0.2, 0.25) is 0 Å². The van der Waals surface area contributed by atoms with E-state index in [1.54, 1.807) is 0 Å². The van der Waals surface area contributed by atoms with Crippen LogP contribution in [0.1, 0.15) is 58.8 Å². The monoisotopic (exact) mass is 398 g/mol. The van der Waals surface area contributed by atoms with E-state index in [-0.39, 0.29) is 25.9 Å². The summed E-state index contributed by atoms with van der Waals surface area (Å²) in [5.74, 6) is 0. The van der Waals surface area contributed by atoms with E-state index in [4.69, 9.17) is 13.8 Å². The molecule has 8 heteroatoms. The van der Waals surface area contributed by atoms with E-state index in [0.717, 1.165) is 44.9 Å². The van der Waals surface area contributed by atoms with Gasteiger partial charge in [-0.15, -0.1) is 0 Å². The summed E-state index contributed by atoms with van der Waals surface area (Å²) < 4.78 is 28.5. The van der Waals surface area contributed by atoms with E-state index in [0.29, 0.717) is 11.0 Å². The fraction of sp³-hybridized carbons (Fsp3) is 1.00. The molecule has 0 amide bonds. The van der Waals surface area contributed by atoms with Crippen LogP contribution in [0.3, 0.4) is 0 Å². The molecule has 0 saturated carbocycles. The lowest BCUT2D eigenvalue weighted by Gasteiger charge is -2.25. The molecule has 2 N–H and O–H groups in total. The number of unbranched alkanes of at least 4 members (excludes halogenated alkanes) is 3. The molecule has 2 unspecified atom stereocenters. The maximum atomic E-state index is 12.0. The number of phosphoric acid groups is 1. The third kappa shape index (κ3) is 15.1. The first kappa shape index (κ1) is 26.0. The number of hydrogen-bond donors (Lipinski definition) is 2. The molecule has 0 bridgehead atoms. The average molecular weight is 399 g/mol. The Hall–Kier alpha value is -0.0100. The fourth-order valence-corrected chi connectivity index (χ4v) is 3.13. The summed E-state index contributed by atoms with van der Waals surface area (Å²) in [6.07, 6.45) is 6.79. The summed E-state index contributed by atoms with van der Waals surface area (Å²) in [5.41, 5.74) is 0. The topological polar surface area (TPSA) is 85.2 Å². The van der Waals surface area contributed by atoms with Gasteiger partial charge in [-0.3, -0.25) is 9.05 Å². The van der Waals surface area contributed by atoms with Crippen LogP contribution in [0.15, 0.2) is 0 Å². The predicted molar refractivity (Wildman–Crippen MR) is 104 cm³/mol. The molecule has 0 saturated heterocycles. The highest BCUT2D eigenvalue weighted by Crippen LogP contribution is 2.43. The zero-order valence-corrected chi connectivity index (χ0v) is 18.2. The van der Waals surface area contributed by atoms with Gasteiger partial charge in [-0.2, -0.15) is 0 Å². The van der Waals surface area contributed by atoms with E-state index < -0.39 is 13.9 Å². The molecule has 7 nitrogen and oxygen atoms in total. The van der Waals surface area contributed by atoms with Crippen LogP contribution in [-0.4, -0.2) is 74.2 Å². The van der Waals surface area contributed by atoms with Crippen LogP contribution < -0.4 is 0 Å². The Morgan fingerprint density at radius 3 is 2.12 bits per heavy atom. The zero-order valence-electron chi connectivity index (χ0n) is 17.4. The van der Waals surface area contributed by atoms with Crippen molar-refractivity contribution in [2.75, 3.05) is 47.5 Å². The number of phosphoric ester groups is 1. The quantitative estimate of drug-likeness (QED) is 0.222. The number of aliphatic hydroxyl groups excluding tert-OH is 1. The Bertz CT molecular complexity index is 388. The van der Waals surface area contributed by atoms with Crippen molar-refractivity contribution >= 4 is 7.82 Å². The van der Waals surface area contributed by atoms with Gasteiger partial charge in [-0.05, 0) is 12.8 Å². The van der Waals surface area contributed by atoms with Crippen LogP contribution in [0.2, 0.25) is 0 Å². The van der Waals surface area contributed by atoms with Gasteiger partial charge in [0.1, 0.15) is 19.3 Å². The molecule has 0 fully saturated rings. The lowest BCUT2D eigenvalue weighted by Crippen LogP contribution is -2.37. The molecule has 0 aromatic heterocycles. The predicted octanol–water partition coefficient (Wildman–Crippen LogP) is 3.34. The van der Waals surface area contributed by atoms with Crippen molar-refractivity contribution in [3.8, 4) is 0 Å². The molecule has 0 aliphatic heterocycles. The Balaban J connectivity index is 4.39. The molecule has 26 heavy (non-hydrogen) atoms. The maximum absolute atomic E-state index is 12.0. The molecule has 158 valence electrons. The summed E-state index contributed by atoms with van der Waals surface area (Å²) in [7, 11) is 1.77. The maximum Gasteiger partial charge on any atom is 0.472 e. The van der Waals surface area contributed by atoms with Crippen LogP contribution in [0, 0.1) is 0 Å². The number of likely N-dealkylation sites (N-methyl/N-ethyl adjacent to an activating group) is 1. The third-order valence-corrected chi connectivity index (χ3v) is 5.02. The van der Waals surface area contributed by atoms with Crippen molar-refractivity contribution in [2.45, 2.75) is 71.0 Å². The Morgan fingerprint density at radius 2 is 1.58 bits per heavy atom. The van der Waals surface area contributed by atoms with Crippen molar-refractivity contribution in [3.63, 3.8) is 0 Å². The normalized spacial score (nSPS) is 17.0. The minimum absolute atomic E-state index is 0.0411. The number of quaternary nitrogens is 1. The summed E-state index contributed by atoms with van der Waals surface area (Å²) in [4.78, 5) is 9.77. The number of hydrogen-bond acceptors (Lipinski definition) is 5. The second-order valence-corrected chi connectivity index (χ2v) is 9.27. The first-order chi connectivity index (χ1) is 12.1. The summed E-state index contributed by atoms with van der Waals surface area (Å²) in [6.45, 7) is 4.58. The van der Waals surface area contributed by atoms with Crippen molar-refractivity contribution in [1.82, 2.24) is 0 Å². The van der Waals surface area contributed by atoms with E-state index in [1.165, 1.54) is 0 Å². The highest BCUT2D eigenvalue weighted by molar-refractivity contribution is 7.47. The van der Waals surface area contributed by atoms with Gasteiger partial charge < -0.3 is 19.2 Å². The SMILES string of the molecule is CCCCCC(CCCC)O[C@@H](CO)COP(=O)(O)OCC[N+](C)(C)C. The highest BCUT2D eigenvalue weighted by atomic mass is 31.2. The zero-order chi connectivity index (χ0) is 20.1. The number of nitrogens with zero attached hydrogens (tertiary/aromatic N) is 1. The van der Waals surface area contributed by atoms with Gasteiger partial charge >= 0.3 is 7.82 Å². The second kappa shape index (κ2) is 14.1. The molecule has 0 rings (SSSR count). The third-order valence-electron chi connectivity index (χ3n) is 4.04. The van der Waals surface area contributed by atoms with Crippen LogP contribution in [-0.2, 0) is 18.3 Å². The molecular formula is C18H41NO6P+. The second-order valence-electron chi connectivity index (χ2n) is 7.81. The first-order valence-electron chi connectivity index (χ1n) is 9.82. The van der Waals surface area contributed by atoms with Gasteiger partial charge in [0.25, 0.3) is 0 Å². The van der Waals surface area contributed by atoms with Gasteiger partial charge in [-0.25, -0.2) is 4.57 Å².